The Kier molecular flexibility index (Phi) is 3.20. The van der Waals surface area contributed by atoms with Gasteiger partial charge in [0.25, 0.3) is 0 Å². The predicted octanol–water partition coefficient (Wildman–Crippen LogP) is 8.97. The number of hydrogen-bond acceptors (Lipinski definition) is 1. The van der Waals surface area contributed by atoms with Crippen LogP contribution in [0, 0.1) is 6.85 Å². The molecule has 0 spiro atoms. The highest BCUT2D eigenvalue weighted by Gasteiger charge is 2.17. The van der Waals surface area contributed by atoms with E-state index in [1.54, 1.807) is 10.6 Å². The van der Waals surface area contributed by atoms with Crippen LogP contribution in [-0.2, 0) is 0 Å². The lowest BCUT2D eigenvalue weighted by Crippen LogP contribution is -1.97. The number of benzene rings is 6. The second-order valence-corrected chi connectivity index (χ2v) is 8.65. The molecule has 0 atom stereocenters. The fraction of sp³-hybridized carbons (Fsp3) is 0.0294. The summed E-state index contributed by atoms with van der Waals surface area (Å²) >= 11 is 0. The maximum Gasteiger partial charge on any atom is 0.111 e. The Morgan fingerprint density at radius 2 is 1.25 bits per heavy atom. The summed E-state index contributed by atoms with van der Waals surface area (Å²) in [6.07, 6.45) is 0. The van der Waals surface area contributed by atoms with Crippen molar-refractivity contribution in [2.75, 3.05) is 0 Å². The van der Waals surface area contributed by atoms with Crippen molar-refractivity contribution in [2.24, 2.45) is 0 Å². The van der Waals surface area contributed by atoms with E-state index < -0.39 is 12.9 Å². The Bertz CT molecular complexity index is 2200. The van der Waals surface area contributed by atoms with Crippen LogP contribution in [0.25, 0.3) is 60.5 Å². The highest BCUT2D eigenvalue weighted by atomic mass is 15.1. The number of fused-ring (bicyclic) bond motifs is 3. The molecule has 0 aliphatic heterocycles. The molecule has 170 valence electrons. The van der Waals surface area contributed by atoms with Crippen LogP contribution in [0.3, 0.4) is 0 Å². The molecule has 0 saturated heterocycles. The monoisotopic (exact) mass is 468 g/mol. The second-order valence-electron chi connectivity index (χ2n) is 8.65. The maximum atomic E-state index is 8.76. The van der Waals surface area contributed by atoms with E-state index in [1.165, 1.54) is 0 Å². The summed E-state index contributed by atoms with van der Waals surface area (Å²) in [6.45, 7) is -2.44. The number of rotatable bonds is 3. The van der Waals surface area contributed by atoms with Gasteiger partial charge in [0.2, 0.25) is 0 Å². The molecule has 6 aromatic carbocycles. The number of imidazole rings is 1. The molecule has 7 rings (SSSR count). The highest BCUT2D eigenvalue weighted by Crippen LogP contribution is 2.43. The normalized spacial score (nSPS) is 15.0. The first-order valence-corrected chi connectivity index (χ1v) is 11.7. The minimum Gasteiger partial charge on any atom is -0.297 e. The molecule has 0 saturated carbocycles. The molecule has 0 aliphatic rings. The van der Waals surface area contributed by atoms with E-state index in [1.807, 2.05) is 91.0 Å². The lowest BCUT2D eigenvalue weighted by Gasteiger charge is -2.18. The van der Waals surface area contributed by atoms with Gasteiger partial charge in [0.05, 0.1) is 17.9 Å². The molecule has 0 unspecified atom stereocenters. The second kappa shape index (κ2) is 8.21. The van der Waals surface area contributed by atoms with Gasteiger partial charge in [-0.25, -0.2) is 4.98 Å². The average Bonchev–Trinajstić information content (AvgIpc) is 3.43. The van der Waals surface area contributed by atoms with Crippen molar-refractivity contribution in [3.8, 4) is 27.9 Å². The average molecular weight is 469 g/mol. The Balaban J connectivity index is 1.57. The summed E-state index contributed by atoms with van der Waals surface area (Å²) in [7, 11) is 0. The third-order valence-electron chi connectivity index (χ3n) is 6.64. The summed E-state index contributed by atoms with van der Waals surface area (Å²) in [6, 6.07) is 28.6. The summed E-state index contributed by atoms with van der Waals surface area (Å²) in [5.41, 5.74) is 4.34. The molecule has 0 amide bonds. The fourth-order valence-corrected chi connectivity index (χ4v) is 5.17. The number of para-hydroxylation sites is 2. The number of hydrogen-bond donors (Lipinski definition) is 0. The van der Waals surface area contributed by atoms with E-state index in [0.29, 0.717) is 22.3 Å². The standard InChI is InChI=1S/C34H24N2/c1-23-35-31-20-9-10-21-32(31)36(23)26-15-11-14-25(22-26)34-29-18-7-5-16-27(29)33(24-12-3-2-4-13-24)28-17-6-8-19-30(28)34/h2-22H,1H3/i1D3,2D,3D,4D,12D,13D. The molecule has 7 aromatic rings. The first kappa shape index (κ1) is 14.0. The molecule has 0 fully saturated rings. The van der Waals surface area contributed by atoms with E-state index in [9.17, 15) is 0 Å². The Labute approximate surface area is 221 Å². The third-order valence-corrected chi connectivity index (χ3v) is 6.64. The van der Waals surface area contributed by atoms with Gasteiger partial charge in [-0.3, -0.25) is 4.57 Å². The van der Waals surface area contributed by atoms with E-state index in [-0.39, 0.29) is 35.6 Å². The van der Waals surface area contributed by atoms with Crippen molar-refractivity contribution in [1.82, 2.24) is 9.55 Å². The maximum absolute atomic E-state index is 8.76. The summed E-state index contributed by atoms with van der Waals surface area (Å²) in [5.74, 6) is -0.0258. The van der Waals surface area contributed by atoms with Gasteiger partial charge in [-0.15, -0.1) is 0 Å². The van der Waals surface area contributed by atoms with Gasteiger partial charge in [-0.05, 0) is 74.9 Å². The van der Waals surface area contributed by atoms with E-state index in [0.717, 1.165) is 32.7 Å². The summed E-state index contributed by atoms with van der Waals surface area (Å²) in [4.78, 5) is 4.47. The van der Waals surface area contributed by atoms with Crippen molar-refractivity contribution in [1.29, 1.82) is 0 Å². The largest absolute Gasteiger partial charge is 0.297 e. The van der Waals surface area contributed by atoms with Crippen LogP contribution >= 0.6 is 0 Å². The van der Waals surface area contributed by atoms with Gasteiger partial charge in [-0.2, -0.15) is 0 Å². The smallest absolute Gasteiger partial charge is 0.111 e. The molecule has 0 aliphatic carbocycles. The van der Waals surface area contributed by atoms with Crippen LogP contribution in [-0.4, -0.2) is 9.55 Å². The minimum absolute atomic E-state index is 0.0258. The molecule has 2 nitrogen and oxygen atoms in total. The van der Waals surface area contributed by atoms with E-state index in [4.69, 9.17) is 11.0 Å². The fourth-order valence-electron chi connectivity index (χ4n) is 5.17. The molecule has 0 bridgehead atoms. The van der Waals surface area contributed by atoms with Gasteiger partial charge in [0, 0.05) is 9.80 Å². The molecule has 0 radical (unpaired) electrons. The van der Waals surface area contributed by atoms with Crippen molar-refractivity contribution < 1.29 is 11.0 Å². The molecule has 1 aromatic heterocycles. The predicted molar refractivity (Wildman–Crippen MR) is 152 cm³/mol. The Morgan fingerprint density at radius 1 is 0.639 bits per heavy atom. The van der Waals surface area contributed by atoms with Crippen LogP contribution in [0.1, 0.15) is 16.8 Å². The molecular formula is C34H24N2. The van der Waals surface area contributed by atoms with Crippen LogP contribution in [0.5, 0.6) is 0 Å². The Morgan fingerprint density at radius 3 is 1.92 bits per heavy atom. The summed E-state index contributed by atoms with van der Waals surface area (Å²) in [5, 5.41) is 3.14. The SMILES string of the molecule is [2H]c1c([2H])c([2H])c(-c2c3ccccc3c(-c3cccc(-n4c(C([2H])([2H])[2H])nc5ccccc54)c3)c3ccccc23)c([2H])c1[2H]. The van der Waals surface area contributed by atoms with Crippen LogP contribution < -0.4 is 0 Å². The van der Waals surface area contributed by atoms with Gasteiger partial charge < -0.3 is 0 Å². The van der Waals surface area contributed by atoms with Gasteiger partial charge in [0.1, 0.15) is 5.82 Å². The van der Waals surface area contributed by atoms with Crippen LogP contribution in [0.4, 0.5) is 0 Å². The number of aromatic nitrogens is 2. The minimum atomic E-state index is -2.44. The summed E-state index contributed by atoms with van der Waals surface area (Å²) < 4.78 is 68.6. The topological polar surface area (TPSA) is 17.8 Å². The Hall–Kier alpha value is -4.69. The van der Waals surface area contributed by atoms with Crippen LogP contribution in [0.2, 0.25) is 0 Å². The number of nitrogens with zero attached hydrogens (tertiary/aromatic N) is 2. The van der Waals surface area contributed by atoms with Gasteiger partial charge in [0.15, 0.2) is 0 Å². The first-order valence-electron chi connectivity index (χ1n) is 15.7. The quantitative estimate of drug-likeness (QED) is 0.237. The van der Waals surface area contributed by atoms with E-state index >= 15 is 0 Å². The molecule has 0 N–H and O–H groups in total. The van der Waals surface area contributed by atoms with Crippen molar-refractivity contribution >= 4 is 32.6 Å². The zero-order valence-corrected chi connectivity index (χ0v) is 19.1. The highest BCUT2D eigenvalue weighted by molar-refractivity contribution is 6.21. The number of aryl methyl sites for hydroxylation is 1. The van der Waals surface area contributed by atoms with Crippen LogP contribution in [0.15, 0.2) is 127 Å². The van der Waals surface area contributed by atoms with Crippen molar-refractivity contribution in [3.05, 3.63) is 133 Å². The third kappa shape index (κ3) is 3.15. The molecular weight excluding hydrogens is 436 g/mol. The zero-order chi connectivity index (χ0) is 30.9. The van der Waals surface area contributed by atoms with Crippen molar-refractivity contribution in [3.63, 3.8) is 0 Å². The lowest BCUT2D eigenvalue weighted by molar-refractivity contribution is 1.00. The zero-order valence-electron chi connectivity index (χ0n) is 27.1. The van der Waals surface area contributed by atoms with Gasteiger partial charge >= 0.3 is 0 Å². The molecule has 36 heavy (non-hydrogen) atoms. The van der Waals surface area contributed by atoms with Gasteiger partial charge in [-0.1, -0.05) is 103 Å². The molecule has 1 heterocycles. The van der Waals surface area contributed by atoms with E-state index in [2.05, 4.69) is 4.98 Å². The molecule has 2 heteroatoms. The van der Waals surface area contributed by atoms with Crippen molar-refractivity contribution in [2.45, 2.75) is 6.85 Å². The first-order chi connectivity index (χ1) is 21.1. The lowest BCUT2D eigenvalue weighted by atomic mass is 9.86.